The van der Waals surface area contributed by atoms with Gasteiger partial charge in [-0.15, -0.1) is 0 Å². The van der Waals surface area contributed by atoms with E-state index in [0.29, 0.717) is 12.8 Å². The van der Waals surface area contributed by atoms with Gasteiger partial charge >= 0.3 is 0 Å². The monoisotopic (exact) mass is 265 g/mol. The Labute approximate surface area is 98.0 Å². The number of nitriles is 1. The average molecular weight is 266 g/mol. The molecule has 0 amide bonds. The third-order valence-electron chi connectivity index (χ3n) is 2.16. The highest BCUT2D eigenvalue weighted by Gasteiger charge is 2.09. The molecule has 0 aliphatic rings. The predicted molar refractivity (Wildman–Crippen MR) is 62.9 cm³/mol. The summed E-state index contributed by atoms with van der Waals surface area (Å²) in [6.07, 6.45) is 1.13. The summed E-state index contributed by atoms with van der Waals surface area (Å²) in [4.78, 5) is 10.9. The van der Waals surface area contributed by atoms with Gasteiger partial charge in [0, 0.05) is 0 Å². The fourth-order valence-electron chi connectivity index (χ4n) is 1.24. The summed E-state index contributed by atoms with van der Waals surface area (Å²) in [6.45, 7) is 1.57. The molecular weight excluding hydrogens is 254 g/mol. The first-order valence-corrected chi connectivity index (χ1v) is 5.64. The molecule has 0 radical (unpaired) electrons. The largest absolute Gasteiger partial charge is 0.299 e. The Morgan fingerprint density at radius 2 is 1.93 bits per heavy atom. The predicted octanol–water partition coefficient (Wildman–Crippen LogP) is 2.65. The van der Waals surface area contributed by atoms with Crippen molar-refractivity contribution >= 4 is 21.7 Å². The lowest BCUT2D eigenvalue weighted by atomic mass is 10.0. The van der Waals surface area contributed by atoms with Crippen molar-refractivity contribution in [2.24, 2.45) is 0 Å². The van der Waals surface area contributed by atoms with Gasteiger partial charge in [0.05, 0.1) is 17.3 Å². The van der Waals surface area contributed by atoms with Crippen molar-refractivity contribution < 1.29 is 4.79 Å². The number of benzene rings is 1. The molecule has 2 nitrogen and oxygen atoms in total. The fourth-order valence-corrected chi connectivity index (χ4v) is 1.61. The van der Waals surface area contributed by atoms with Gasteiger partial charge in [0.2, 0.25) is 0 Å². The summed E-state index contributed by atoms with van der Waals surface area (Å²) >= 11 is 3.33. The van der Waals surface area contributed by atoms with Crippen LogP contribution in [0, 0.1) is 11.3 Å². The van der Waals surface area contributed by atoms with Gasteiger partial charge in [-0.05, 0) is 24.5 Å². The number of carbonyl (C=O) groups excluding carboxylic acids is 1. The summed E-state index contributed by atoms with van der Waals surface area (Å²) in [5, 5.41) is 8.51. The Hall–Kier alpha value is -1.14. The Bertz CT molecular complexity index is 378. The first-order chi connectivity index (χ1) is 7.13. The van der Waals surface area contributed by atoms with E-state index >= 15 is 0 Å². The number of rotatable bonds is 4. The summed E-state index contributed by atoms with van der Waals surface area (Å²) in [5.41, 5.74) is 2.11. The molecule has 0 bridgehead atoms. The van der Waals surface area contributed by atoms with Crippen LogP contribution in [0.1, 0.15) is 18.1 Å². The quantitative estimate of drug-likeness (QED) is 0.786. The molecule has 0 aromatic heterocycles. The van der Waals surface area contributed by atoms with Gasteiger partial charge in [-0.1, -0.05) is 40.2 Å². The number of carbonyl (C=O) groups is 1. The molecule has 0 saturated carbocycles. The molecule has 1 aromatic rings. The molecule has 0 aliphatic carbocycles. The molecule has 0 aliphatic heterocycles. The maximum Gasteiger partial charge on any atom is 0.143 e. The van der Waals surface area contributed by atoms with E-state index in [0.717, 1.165) is 11.1 Å². The lowest BCUT2D eigenvalue weighted by Gasteiger charge is -2.06. The molecule has 0 saturated heterocycles. The SMILES string of the molecule is CC(=O)C(Br)Cc1ccc(CC#N)cc1. The zero-order chi connectivity index (χ0) is 11.3. The third kappa shape index (κ3) is 3.85. The van der Waals surface area contributed by atoms with Crippen LogP contribution in [0.4, 0.5) is 0 Å². The van der Waals surface area contributed by atoms with Crippen LogP contribution in [0.25, 0.3) is 0 Å². The summed E-state index contributed by atoms with van der Waals surface area (Å²) in [5.74, 6) is 0.135. The number of ketones is 1. The van der Waals surface area contributed by atoms with Gasteiger partial charge < -0.3 is 0 Å². The van der Waals surface area contributed by atoms with E-state index in [1.54, 1.807) is 6.92 Å². The summed E-state index contributed by atoms with van der Waals surface area (Å²) in [7, 11) is 0. The Kier molecular flexibility index (Phi) is 4.51. The van der Waals surface area contributed by atoms with Crippen LogP contribution >= 0.6 is 15.9 Å². The van der Waals surface area contributed by atoms with Gasteiger partial charge in [-0.3, -0.25) is 4.79 Å². The van der Waals surface area contributed by atoms with E-state index in [4.69, 9.17) is 5.26 Å². The Balaban J connectivity index is 2.65. The van der Waals surface area contributed by atoms with Gasteiger partial charge in [0.25, 0.3) is 0 Å². The van der Waals surface area contributed by atoms with Crippen LogP contribution in [0.15, 0.2) is 24.3 Å². The highest BCUT2D eigenvalue weighted by molar-refractivity contribution is 9.10. The molecule has 0 N–H and O–H groups in total. The van der Waals surface area contributed by atoms with E-state index in [9.17, 15) is 4.79 Å². The lowest BCUT2D eigenvalue weighted by molar-refractivity contribution is -0.116. The van der Waals surface area contributed by atoms with Gasteiger partial charge in [-0.2, -0.15) is 5.26 Å². The number of Topliss-reactive ketones (excluding diaryl/α,β-unsaturated/α-hetero) is 1. The molecule has 1 rings (SSSR count). The second-order valence-corrected chi connectivity index (χ2v) is 4.54. The van der Waals surface area contributed by atoms with Gasteiger partial charge in [0.1, 0.15) is 5.78 Å². The topological polar surface area (TPSA) is 40.9 Å². The van der Waals surface area contributed by atoms with Gasteiger partial charge in [0.15, 0.2) is 0 Å². The third-order valence-corrected chi connectivity index (χ3v) is 3.13. The summed E-state index contributed by atoms with van der Waals surface area (Å²) in [6, 6.07) is 9.88. The molecule has 0 heterocycles. The van der Waals surface area contributed by atoms with Crippen LogP contribution < -0.4 is 0 Å². The maximum atomic E-state index is 11.0. The van der Waals surface area contributed by atoms with E-state index in [-0.39, 0.29) is 10.6 Å². The van der Waals surface area contributed by atoms with Crippen LogP contribution in [-0.2, 0) is 17.6 Å². The van der Waals surface area contributed by atoms with E-state index in [1.165, 1.54) is 0 Å². The smallest absolute Gasteiger partial charge is 0.143 e. The van der Waals surface area contributed by atoms with Crippen molar-refractivity contribution in [1.82, 2.24) is 0 Å². The highest BCUT2D eigenvalue weighted by Crippen LogP contribution is 2.12. The van der Waals surface area contributed by atoms with Crippen molar-refractivity contribution in [2.45, 2.75) is 24.6 Å². The minimum atomic E-state index is -0.112. The van der Waals surface area contributed by atoms with Gasteiger partial charge in [-0.25, -0.2) is 0 Å². The molecule has 0 fully saturated rings. The molecule has 1 aromatic carbocycles. The van der Waals surface area contributed by atoms with Crippen LogP contribution in [0.3, 0.4) is 0 Å². The van der Waals surface area contributed by atoms with E-state index < -0.39 is 0 Å². The minimum Gasteiger partial charge on any atom is -0.299 e. The average Bonchev–Trinajstić information content (AvgIpc) is 2.21. The van der Waals surface area contributed by atoms with Crippen molar-refractivity contribution in [1.29, 1.82) is 5.26 Å². The number of nitrogens with zero attached hydrogens (tertiary/aromatic N) is 1. The second-order valence-electron chi connectivity index (χ2n) is 3.43. The number of hydrogen-bond donors (Lipinski definition) is 0. The van der Waals surface area contributed by atoms with E-state index in [2.05, 4.69) is 22.0 Å². The zero-order valence-corrected chi connectivity index (χ0v) is 10.1. The van der Waals surface area contributed by atoms with Crippen molar-refractivity contribution in [3.63, 3.8) is 0 Å². The number of halogens is 1. The Morgan fingerprint density at radius 1 is 1.40 bits per heavy atom. The van der Waals surface area contributed by atoms with Crippen molar-refractivity contribution in [3.05, 3.63) is 35.4 Å². The van der Waals surface area contributed by atoms with E-state index in [1.807, 2.05) is 24.3 Å². The minimum absolute atomic E-state index is 0.112. The number of alkyl halides is 1. The van der Waals surface area contributed by atoms with Crippen molar-refractivity contribution in [3.8, 4) is 6.07 Å². The molecular formula is C12H12BrNO. The fraction of sp³-hybridized carbons (Fsp3) is 0.333. The molecule has 78 valence electrons. The molecule has 15 heavy (non-hydrogen) atoms. The number of hydrogen-bond acceptors (Lipinski definition) is 2. The van der Waals surface area contributed by atoms with Crippen molar-refractivity contribution in [2.75, 3.05) is 0 Å². The molecule has 3 heteroatoms. The molecule has 1 atom stereocenters. The standard InChI is InChI=1S/C12H12BrNO/c1-9(15)12(13)8-11-4-2-10(3-5-11)6-7-14/h2-5,12H,6,8H2,1H3. The molecule has 1 unspecified atom stereocenters. The van der Waals surface area contributed by atoms with Crippen LogP contribution in [0.5, 0.6) is 0 Å². The van der Waals surface area contributed by atoms with Crippen LogP contribution in [-0.4, -0.2) is 10.6 Å². The second kappa shape index (κ2) is 5.67. The Morgan fingerprint density at radius 3 is 2.40 bits per heavy atom. The maximum absolute atomic E-state index is 11.0. The first-order valence-electron chi connectivity index (χ1n) is 4.72. The molecule has 0 spiro atoms. The zero-order valence-electron chi connectivity index (χ0n) is 8.53. The lowest BCUT2D eigenvalue weighted by Crippen LogP contribution is -2.12. The normalized spacial score (nSPS) is 11.8. The van der Waals surface area contributed by atoms with Crippen LogP contribution in [0.2, 0.25) is 0 Å². The summed E-state index contributed by atoms with van der Waals surface area (Å²) < 4.78 is 0. The first kappa shape index (κ1) is 11.9. The highest BCUT2D eigenvalue weighted by atomic mass is 79.9.